The van der Waals surface area contributed by atoms with E-state index in [9.17, 15) is 24.6 Å². The van der Waals surface area contributed by atoms with Gasteiger partial charge in [-0.3, -0.25) is 24.8 Å². The SMILES string of the molecule is Cc1ncsc1-c1ccc(CNC(=O)[C@@H]2C[C@@H](O)CN2C(=O)[C@@H](NC(=O)COCCOCCOCCOCCn2cc(COc3ncc(C(O)/N=C4/NN(c5ccc(Cl)c(Cl)c5)CC4C)cn3)nn2)C(C)(C)C)cc1. The largest absolute Gasteiger partial charge is 0.457 e. The lowest BCUT2D eigenvalue weighted by Crippen LogP contribution is -2.58. The van der Waals surface area contributed by atoms with Crippen LogP contribution in [0.1, 0.15) is 62.9 Å². The summed E-state index contributed by atoms with van der Waals surface area (Å²) in [5.41, 5.74) is 8.98. The van der Waals surface area contributed by atoms with Crippen LogP contribution in [0.3, 0.4) is 0 Å². The lowest BCUT2D eigenvalue weighted by molar-refractivity contribution is -0.144. The van der Waals surface area contributed by atoms with Crippen molar-refractivity contribution in [1.29, 1.82) is 0 Å². The topological polar surface area (TPSA) is 262 Å². The quantitative estimate of drug-likeness (QED) is 0.0483. The average molecular weight is 1100 g/mol. The molecule has 22 nitrogen and oxygen atoms in total. The van der Waals surface area contributed by atoms with E-state index >= 15 is 0 Å². The van der Waals surface area contributed by atoms with E-state index in [0.29, 0.717) is 73.3 Å². The molecule has 2 saturated heterocycles. The lowest BCUT2D eigenvalue weighted by atomic mass is 9.85. The number of aliphatic hydroxyl groups excluding tert-OH is 2. The predicted molar refractivity (Wildman–Crippen MR) is 280 cm³/mol. The minimum atomic E-state index is -1.19. The van der Waals surface area contributed by atoms with Gasteiger partial charge in [-0.15, -0.1) is 16.4 Å². The zero-order chi connectivity index (χ0) is 53.5. The number of anilines is 1. The molecule has 0 saturated carbocycles. The number of likely N-dealkylation sites (tertiary alicyclic amines) is 1. The average Bonchev–Trinajstić information content (AvgIpc) is 4.21. The molecule has 2 aliphatic heterocycles. The molecule has 25 heteroatoms. The second-order valence-electron chi connectivity index (χ2n) is 19.0. The Labute approximate surface area is 449 Å². The molecule has 5 heterocycles. The number of aromatic nitrogens is 6. The first kappa shape index (κ1) is 56.8. The van der Waals surface area contributed by atoms with Gasteiger partial charge in [-0.2, -0.15) is 0 Å². The number of nitrogens with one attached hydrogen (secondary N) is 3. The number of amidine groups is 1. The van der Waals surface area contributed by atoms with Crippen LogP contribution in [-0.4, -0.2) is 153 Å². The minimum absolute atomic E-state index is 0.0121. The molecular formula is C50H64Cl2N12O10S. The number of β-amino-alcohol motifs (C(OH)–C–C–N with tert-alkyl or cyclic N) is 1. The summed E-state index contributed by atoms with van der Waals surface area (Å²) in [5, 5.41) is 38.0. The second-order valence-corrected chi connectivity index (χ2v) is 20.7. The molecule has 0 spiro atoms. The van der Waals surface area contributed by atoms with Gasteiger partial charge in [-0.25, -0.2) is 24.6 Å². The predicted octanol–water partition coefficient (Wildman–Crippen LogP) is 4.31. The maximum absolute atomic E-state index is 13.9. The fourth-order valence-corrected chi connectivity index (χ4v) is 9.10. The first-order valence-electron chi connectivity index (χ1n) is 24.5. The fourth-order valence-electron chi connectivity index (χ4n) is 7.99. The Bertz CT molecular complexity index is 2690. The Morgan fingerprint density at radius 1 is 0.933 bits per heavy atom. The number of hydrogen-bond donors (Lipinski definition) is 5. The molecule has 7 rings (SSSR count). The van der Waals surface area contributed by atoms with Crippen LogP contribution in [-0.2, 0) is 53.0 Å². The van der Waals surface area contributed by atoms with E-state index in [1.807, 2.05) is 70.0 Å². The first-order chi connectivity index (χ1) is 36.0. The molecule has 404 valence electrons. The van der Waals surface area contributed by atoms with Crippen LogP contribution >= 0.6 is 34.5 Å². The van der Waals surface area contributed by atoms with Crippen molar-refractivity contribution < 1.29 is 48.3 Å². The smallest absolute Gasteiger partial charge is 0.316 e. The van der Waals surface area contributed by atoms with E-state index in [1.54, 1.807) is 39.9 Å². The van der Waals surface area contributed by atoms with E-state index in [2.05, 4.69) is 46.3 Å². The van der Waals surface area contributed by atoms with Gasteiger partial charge in [0, 0.05) is 49.9 Å². The van der Waals surface area contributed by atoms with E-state index < -0.39 is 41.6 Å². The highest BCUT2D eigenvalue weighted by Gasteiger charge is 2.44. The molecule has 2 fully saturated rings. The highest BCUT2D eigenvalue weighted by Crippen LogP contribution is 2.31. The van der Waals surface area contributed by atoms with Crippen molar-refractivity contribution in [2.45, 2.75) is 85.2 Å². The third kappa shape index (κ3) is 16.6. The van der Waals surface area contributed by atoms with Crippen molar-refractivity contribution in [3.8, 4) is 16.5 Å². The molecule has 2 aromatic carbocycles. The minimum Gasteiger partial charge on any atom is -0.457 e. The lowest BCUT2D eigenvalue weighted by Gasteiger charge is -2.35. The molecular weight excluding hydrogens is 1030 g/mol. The Hall–Kier alpha value is -5.89. The third-order valence-corrected chi connectivity index (χ3v) is 13.8. The number of nitrogens with zero attached hydrogens (tertiary/aromatic N) is 9. The van der Waals surface area contributed by atoms with E-state index in [-0.39, 0.29) is 63.8 Å². The van der Waals surface area contributed by atoms with Crippen LogP contribution in [0, 0.1) is 18.3 Å². The number of benzene rings is 2. The van der Waals surface area contributed by atoms with E-state index in [4.69, 9.17) is 46.9 Å². The van der Waals surface area contributed by atoms with Gasteiger partial charge in [0.05, 0.1) is 96.9 Å². The highest BCUT2D eigenvalue weighted by atomic mass is 35.5. The Morgan fingerprint density at radius 2 is 1.63 bits per heavy atom. The summed E-state index contributed by atoms with van der Waals surface area (Å²) in [6.07, 6.45) is 2.65. The van der Waals surface area contributed by atoms with Crippen LogP contribution in [0.25, 0.3) is 10.4 Å². The number of carbonyl (C=O) groups is 3. The number of hydrogen-bond acceptors (Lipinski definition) is 18. The normalized spacial score (nSPS) is 18.0. The molecule has 3 aromatic heterocycles. The Morgan fingerprint density at radius 3 is 2.29 bits per heavy atom. The molecule has 75 heavy (non-hydrogen) atoms. The second kappa shape index (κ2) is 27.2. The molecule has 5 aromatic rings. The zero-order valence-electron chi connectivity index (χ0n) is 42.5. The third-order valence-electron chi connectivity index (χ3n) is 12.1. The number of ether oxygens (including phenoxy) is 5. The zero-order valence-corrected chi connectivity index (χ0v) is 44.8. The molecule has 0 aliphatic carbocycles. The number of carbonyl (C=O) groups excluding carboxylic acids is 3. The molecule has 2 aliphatic rings. The van der Waals surface area contributed by atoms with Crippen LogP contribution in [0.15, 0.2) is 71.6 Å². The molecule has 5 atom stereocenters. The number of hydrazine groups is 1. The van der Waals surface area contributed by atoms with Gasteiger partial charge < -0.3 is 49.4 Å². The van der Waals surface area contributed by atoms with Crippen LogP contribution < -0.4 is 25.8 Å². The number of aliphatic imine (C=N–C) groups is 1. The van der Waals surface area contributed by atoms with Gasteiger partial charge in [0.15, 0.2) is 6.23 Å². The maximum Gasteiger partial charge on any atom is 0.316 e. The number of rotatable bonds is 26. The van der Waals surface area contributed by atoms with Gasteiger partial charge in [-0.1, -0.05) is 80.4 Å². The molecule has 0 bridgehead atoms. The number of aliphatic hydroxyl groups is 2. The first-order valence-corrected chi connectivity index (χ1v) is 26.1. The summed E-state index contributed by atoms with van der Waals surface area (Å²) in [6, 6.07) is 11.4. The van der Waals surface area contributed by atoms with Crippen molar-refractivity contribution in [2.75, 3.05) is 71.0 Å². The molecule has 0 radical (unpaired) electrons. The Kier molecular flexibility index (Phi) is 20.6. The number of halogens is 2. The summed E-state index contributed by atoms with van der Waals surface area (Å²) in [6.45, 7) is 12.6. The van der Waals surface area contributed by atoms with Crippen LogP contribution in [0.4, 0.5) is 5.69 Å². The van der Waals surface area contributed by atoms with Crippen molar-refractivity contribution in [3.63, 3.8) is 0 Å². The summed E-state index contributed by atoms with van der Waals surface area (Å²) >= 11 is 13.8. The number of amides is 3. The van der Waals surface area contributed by atoms with Crippen molar-refractivity contribution in [1.82, 2.24) is 50.9 Å². The van der Waals surface area contributed by atoms with E-state index in [0.717, 1.165) is 27.4 Å². The fraction of sp³-hybridized carbons (Fsp3) is 0.500. The van der Waals surface area contributed by atoms with E-state index in [1.165, 1.54) is 17.3 Å². The van der Waals surface area contributed by atoms with Gasteiger partial charge in [0.1, 0.15) is 36.8 Å². The monoisotopic (exact) mass is 1090 g/mol. The number of aryl methyl sites for hydroxylation is 1. The Balaban J connectivity index is 0.706. The molecule has 2 unspecified atom stereocenters. The van der Waals surface area contributed by atoms with Crippen LogP contribution in [0.2, 0.25) is 10.0 Å². The van der Waals surface area contributed by atoms with Crippen molar-refractivity contribution >= 4 is 63.8 Å². The summed E-state index contributed by atoms with van der Waals surface area (Å²) in [7, 11) is 0. The van der Waals surface area contributed by atoms with Crippen LogP contribution in [0.5, 0.6) is 6.01 Å². The van der Waals surface area contributed by atoms with Gasteiger partial charge in [-0.05, 0) is 41.7 Å². The summed E-state index contributed by atoms with van der Waals surface area (Å²) in [4.78, 5) is 59.9. The van der Waals surface area contributed by atoms with Crippen molar-refractivity contribution in [2.24, 2.45) is 16.3 Å². The van der Waals surface area contributed by atoms with Gasteiger partial charge >= 0.3 is 6.01 Å². The van der Waals surface area contributed by atoms with Gasteiger partial charge in [0.25, 0.3) is 0 Å². The van der Waals surface area contributed by atoms with Crippen molar-refractivity contribution in [3.05, 3.63) is 99.1 Å². The molecule has 5 N–H and O–H groups in total. The van der Waals surface area contributed by atoms with Gasteiger partial charge in [0.2, 0.25) is 17.7 Å². The molecule has 3 amide bonds. The summed E-state index contributed by atoms with van der Waals surface area (Å²) in [5.74, 6) is -0.719. The standard InChI is InChI=1S/C50H64Cl2N12O10S/c1-31-25-64(37-10-11-39(51)40(52)20-37)60-45(31)58-46(67)35-23-54-49(55-24-35)74-28-36-26-62(61-59-36)12-13-70-14-15-71-16-17-72-18-19-73-29-42(66)57-44(50(3,4)5)48(69)63-27-38(65)21-41(63)47(68)53-22-33-6-8-34(9-7-33)43-32(2)56-30-75-43/h6-11,20,23-24,26,30-31,38,41,44,46,65,67H,12-19,21-22,25,27-29H2,1-5H3,(H,53,68)(H,57,66)(H,58,60)/t31?,38-,41+,44-,46?/m1/s1. The maximum atomic E-state index is 13.9. The highest BCUT2D eigenvalue weighted by molar-refractivity contribution is 7.13. The number of thiazole rings is 1. The summed E-state index contributed by atoms with van der Waals surface area (Å²) < 4.78 is 29.6.